The van der Waals surface area contributed by atoms with Crippen molar-refractivity contribution in [2.75, 3.05) is 20.1 Å². The van der Waals surface area contributed by atoms with Gasteiger partial charge in [-0.25, -0.2) is 4.39 Å². The molecule has 0 fully saturated rings. The van der Waals surface area contributed by atoms with E-state index in [1.54, 1.807) is 24.1 Å². The van der Waals surface area contributed by atoms with E-state index >= 15 is 0 Å². The molecule has 2 aromatic carbocycles. The molecule has 4 heteroatoms. The van der Waals surface area contributed by atoms with Crippen LogP contribution in [0.25, 0.3) is 5.57 Å². The molecule has 0 radical (unpaired) electrons. The summed E-state index contributed by atoms with van der Waals surface area (Å²) in [7, 11) is 1.71. The zero-order valence-electron chi connectivity index (χ0n) is 15.9. The van der Waals surface area contributed by atoms with Gasteiger partial charge in [-0.15, -0.1) is 0 Å². The van der Waals surface area contributed by atoms with Gasteiger partial charge in [-0.1, -0.05) is 56.0 Å². The van der Waals surface area contributed by atoms with Gasteiger partial charge in [0.2, 0.25) is 0 Å². The van der Waals surface area contributed by atoms with E-state index in [4.69, 9.17) is 5.11 Å². The minimum atomic E-state index is -0.894. The van der Waals surface area contributed by atoms with Crippen LogP contribution in [0.1, 0.15) is 36.5 Å². The van der Waals surface area contributed by atoms with Gasteiger partial charge < -0.3 is 5.11 Å². The number of benzene rings is 2. The first kappa shape index (κ1) is 20.4. The standard InChI is InChI=1S/C23H24FNO2/c1-17(2)19-10-7-18(8-11-19)9-12-20(13-14-25(3)16-23(26)27)21-5-4-6-22(24)15-21/h4-8,10-11,13,15,17H,14,16H2,1-3H3,(H,26,27)/b20-13+. The third kappa shape index (κ3) is 6.73. The molecule has 0 aromatic heterocycles. The molecule has 0 atom stereocenters. The van der Waals surface area contributed by atoms with E-state index in [2.05, 4.69) is 37.8 Å². The summed E-state index contributed by atoms with van der Waals surface area (Å²) in [6, 6.07) is 14.3. The number of hydrogen-bond acceptors (Lipinski definition) is 2. The fourth-order valence-electron chi connectivity index (χ4n) is 2.53. The summed E-state index contributed by atoms with van der Waals surface area (Å²) in [5, 5.41) is 8.88. The Labute approximate surface area is 160 Å². The van der Waals surface area contributed by atoms with Gasteiger partial charge in [-0.2, -0.15) is 0 Å². The Balaban J connectivity index is 2.29. The molecule has 0 unspecified atom stereocenters. The largest absolute Gasteiger partial charge is 0.480 e. The number of carboxylic acid groups (broad SMARTS) is 1. The van der Waals surface area contributed by atoms with E-state index in [0.29, 0.717) is 23.6 Å². The van der Waals surface area contributed by atoms with E-state index in [9.17, 15) is 9.18 Å². The number of allylic oxidation sites excluding steroid dienone is 1. The summed E-state index contributed by atoms with van der Waals surface area (Å²) < 4.78 is 13.6. The predicted octanol–water partition coefficient (Wildman–Crippen LogP) is 4.40. The molecule has 0 spiro atoms. The van der Waals surface area contributed by atoms with Gasteiger partial charge in [0, 0.05) is 17.7 Å². The number of carbonyl (C=O) groups is 1. The normalized spacial score (nSPS) is 11.4. The summed E-state index contributed by atoms with van der Waals surface area (Å²) >= 11 is 0. The third-order valence-electron chi connectivity index (χ3n) is 4.07. The predicted molar refractivity (Wildman–Crippen MR) is 107 cm³/mol. The Hall–Kier alpha value is -2.90. The molecule has 2 rings (SSSR count). The van der Waals surface area contributed by atoms with Crippen molar-refractivity contribution in [1.29, 1.82) is 0 Å². The summed E-state index contributed by atoms with van der Waals surface area (Å²) in [5.74, 6) is 5.46. The smallest absolute Gasteiger partial charge is 0.317 e. The van der Waals surface area contributed by atoms with Crippen LogP contribution in [0.15, 0.2) is 54.6 Å². The Morgan fingerprint density at radius 3 is 2.52 bits per heavy atom. The number of likely N-dealkylation sites (N-methyl/N-ethyl adjacent to an activating group) is 1. The van der Waals surface area contributed by atoms with E-state index in [1.807, 2.05) is 18.2 Å². The van der Waals surface area contributed by atoms with Crippen molar-refractivity contribution >= 4 is 11.5 Å². The van der Waals surface area contributed by atoms with E-state index in [1.165, 1.54) is 17.7 Å². The van der Waals surface area contributed by atoms with Crippen LogP contribution in [-0.2, 0) is 4.79 Å². The zero-order chi connectivity index (χ0) is 19.8. The second-order valence-electron chi connectivity index (χ2n) is 6.75. The van der Waals surface area contributed by atoms with Crippen molar-refractivity contribution in [2.24, 2.45) is 0 Å². The van der Waals surface area contributed by atoms with E-state index in [0.717, 1.165) is 5.56 Å². The average molecular weight is 365 g/mol. The van der Waals surface area contributed by atoms with Crippen LogP contribution in [-0.4, -0.2) is 36.1 Å². The molecule has 140 valence electrons. The number of carboxylic acids is 1. The monoisotopic (exact) mass is 365 g/mol. The van der Waals surface area contributed by atoms with Gasteiger partial charge in [0.1, 0.15) is 5.82 Å². The molecule has 0 aliphatic heterocycles. The number of halogens is 1. The molecule has 1 N–H and O–H groups in total. The van der Waals surface area contributed by atoms with Gasteiger partial charge in [0.25, 0.3) is 0 Å². The summed E-state index contributed by atoms with van der Waals surface area (Å²) in [6.45, 7) is 4.61. The quantitative estimate of drug-likeness (QED) is 0.772. The van der Waals surface area contributed by atoms with Crippen LogP contribution < -0.4 is 0 Å². The minimum absolute atomic E-state index is 0.0724. The average Bonchev–Trinajstić information content (AvgIpc) is 2.61. The van der Waals surface area contributed by atoms with Crippen LogP contribution in [0.2, 0.25) is 0 Å². The van der Waals surface area contributed by atoms with Gasteiger partial charge in [0.05, 0.1) is 6.54 Å². The SMILES string of the molecule is CC(C)c1ccc(C#C/C(=C\CN(C)CC(=O)O)c2cccc(F)c2)cc1. The fraction of sp³-hybridized carbons (Fsp3) is 0.261. The lowest BCUT2D eigenvalue weighted by molar-refractivity contribution is -0.137. The molecule has 0 aliphatic rings. The van der Waals surface area contributed by atoms with Crippen molar-refractivity contribution in [1.82, 2.24) is 4.90 Å². The van der Waals surface area contributed by atoms with Crippen LogP contribution in [0.3, 0.4) is 0 Å². The lowest BCUT2D eigenvalue weighted by Gasteiger charge is -2.11. The van der Waals surface area contributed by atoms with Gasteiger partial charge in [-0.05, 0) is 48.4 Å². The maximum absolute atomic E-state index is 13.6. The second kappa shape index (κ2) is 9.70. The van der Waals surface area contributed by atoms with Crippen molar-refractivity contribution in [3.63, 3.8) is 0 Å². The molecular weight excluding hydrogens is 341 g/mol. The Kier molecular flexibility index (Phi) is 7.34. The highest BCUT2D eigenvalue weighted by atomic mass is 19.1. The highest BCUT2D eigenvalue weighted by molar-refractivity contribution is 5.79. The molecule has 0 heterocycles. The highest BCUT2D eigenvalue weighted by Gasteiger charge is 2.05. The van der Waals surface area contributed by atoms with Gasteiger partial charge >= 0.3 is 5.97 Å². The summed E-state index contributed by atoms with van der Waals surface area (Å²) in [4.78, 5) is 12.5. The molecule has 0 saturated heterocycles. The third-order valence-corrected chi connectivity index (χ3v) is 4.07. The first-order valence-electron chi connectivity index (χ1n) is 8.83. The maximum Gasteiger partial charge on any atom is 0.317 e. The second-order valence-corrected chi connectivity index (χ2v) is 6.75. The summed E-state index contributed by atoms with van der Waals surface area (Å²) in [6.07, 6.45) is 1.83. The van der Waals surface area contributed by atoms with Crippen LogP contribution in [0, 0.1) is 17.7 Å². The van der Waals surface area contributed by atoms with Crippen LogP contribution >= 0.6 is 0 Å². The number of rotatable bonds is 6. The Morgan fingerprint density at radius 2 is 1.93 bits per heavy atom. The number of hydrogen-bond donors (Lipinski definition) is 1. The molecule has 0 bridgehead atoms. The first-order valence-corrected chi connectivity index (χ1v) is 8.83. The zero-order valence-corrected chi connectivity index (χ0v) is 15.9. The fourth-order valence-corrected chi connectivity index (χ4v) is 2.53. The van der Waals surface area contributed by atoms with E-state index < -0.39 is 5.97 Å². The molecule has 3 nitrogen and oxygen atoms in total. The molecule has 2 aromatic rings. The Bertz CT molecular complexity index is 873. The molecular formula is C23H24FNO2. The van der Waals surface area contributed by atoms with Crippen molar-refractivity contribution < 1.29 is 14.3 Å². The lowest BCUT2D eigenvalue weighted by Crippen LogP contribution is -2.25. The van der Waals surface area contributed by atoms with Crippen molar-refractivity contribution in [3.8, 4) is 11.8 Å². The van der Waals surface area contributed by atoms with Crippen molar-refractivity contribution in [2.45, 2.75) is 19.8 Å². The Morgan fingerprint density at radius 1 is 1.22 bits per heavy atom. The number of nitrogens with zero attached hydrogens (tertiary/aromatic N) is 1. The summed E-state index contributed by atoms with van der Waals surface area (Å²) in [5.41, 5.74) is 3.46. The first-order chi connectivity index (χ1) is 12.8. The van der Waals surface area contributed by atoms with Gasteiger partial charge in [0.15, 0.2) is 0 Å². The highest BCUT2D eigenvalue weighted by Crippen LogP contribution is 2.17. The van der Waals surface area contributed by atoms with Crippen molar-refractivity contribution in [3.05, 3.63) is 77.1 Å². The number of aliphatic carboxylic acids is 1. The topological polar surface area (TPSA) is 40.5 Å². The maximum atomic E-state index is 13.6. The molecule has 0 aliphatic carbocycles. The molecule has 0 amide bonds. The molecule has 0 saturated carbocycles. The lowest BCUT2D eigenvalue weighted by atomic mass is 10.0. The minimum Gasteiger partial charge on any atom is -0.480 e. The van der Waals surface area contributed by atoms with Crippen LogP contribution in [0.4, 0.5) is 4.39 Å². The van der Waals surface area contributed by atoms with Crippen LogP contribution in [0.5, 0.6) is 0 Å². The van der Waals surface area contributed by atoms with E-state index in [-0.39, 0.29) is 12.4 Å². The molecule has 27 heavy (non-hydrogen) atoms. The van der Waals surface area contributed by atoms with Gasteiger partial charge in [-0.3, -0.25) is 9.69 Å².